The first kappa shape index (κ1) is 11.0. The Morgan fingerprint density at radius 2 is 2.00 bits per heavy atom. The minimum atomic E-state index is -2.42. The molecule has 1 aromatic rings. The Balaban J connectivity index is 3.20. The Bertz CT molecular complexity index is 562. The second-order valence-corrected chi connectivity index (χ2v) is 5.41. The van der Waals surface area contributed by atoms with E-state index in [0.717, 1.165) is 5.06 Å². The molecule has 104 valence electrons. The van der Waals surface area contributed by atoms with E-state index in [4.69, 9.17) is 4.11 Å². The van der Waals surface area contributed by atoms with Crippen LogP contribution in [-0.2, 0) is 0 Å². The Morgan fingerprint density at radius 1 is 1.47 bits per heavy atom. The van der Waals surface area contributed by atoms with Crippen molar-refractivity contribution in [1.82, 2.24) is 0 Å². The lowest BCUT2D eigenvalue weighted by molar-refractivity contribution is -0.384. The van der Waals surface area contributed by atoms with E-state index in [1.807, 2.05) is 0 Å². The number of rotatable bonds is 4. The summed E-state index contributed by atoms with van der Waals surface area (Å²) in [5.74, 6) is 0. The topological polar surface area (TPSA) is 66.6 Å². The Morgan fingerprint density at radius 3 is 2.37 bits per heavy atom. The minimum Gasteiger partial charge on any atom is -0.288 e. The quantitative estimate of drug-likeness (QED) is 0.512. The fourth-order valence-corrected chi connectivity index (χ4v) is 1.91. The minimum absolute atomic E-state index is 0.0964. The zero-order valence-corrected chi connectivity index (χ0v) is 11.3. The highest BCUT2D eigenvalue weighted by Crippen LogP contribution is 2.32. The van der Waals surface area contributed by atoms with Crippen LogP contribution in [0.1, 0.15) is 31.7 Å². The first-order chi connectivity index (χ1) is 9.85. The van der Waals surface area contributed by atoms with Gasteiger partial charge in [-0.2, -0.15) is 0 Å². The van der Waals surface area contributed by atoms with E-state index in [-0.39, 0.29) is 16.9 Å². The van der Waals surface area contributed by atoms with Crippen LogP contribution in [0.25, 0.3) is 0 Å². The zero-order valence-electron chi connectivity index (χ0n) is 14.3. The molecule has 0 fully saturated rings. The highest BCUT2D eigenvalue weighted by atomic mass is 16.6. The van der Waals surface area contributed by atoms with Crippen molar-refractivity contribution in [2.24, 2.45) is 5.41 Å². The van der Waals surface area contributed by atoms with Gasteiger partial charge in [-0.25, -0.2) is 5.06 Å². The van der Waals surface area contributed by atoms with Crippen LogP contribution in [0.3, 0.4) is 0 Å². The third kappa shape index (κ3) is 3.54. The van der Waals surface area contributed by atoms with E-state index < -0.39 is 23.2 Å². The van der Waals surface area contributed by atoms with Crippen LogP contribution < -0.4 is 5.06 Å². The predicted octanol–water partition coefficient (Wildman–Crippen LogP) is 3.78. The maximum Gasteiger partial charge on any atom is 0.269 e. The highest BCUT2D eigenvalue weighted by molar-refractivity contribution is 5.51. The summed E-state index contributed by atoms with van der Waals surface area (Å²) in [6.07, 6.45) is 0. The molecule has 0 bridgehead atoms. The molecule has 1 N–H and O–H groups in total. The molecule has 0 amide bonds. The molecule has 5 heteroatoms. The number of nitrogens with zero attached hydrogens (tertiary/aromatic N) is 2. The van der Waals surface area contributed by atoms with Gasteiger partial charge in [0.25, 0.3) is 5.69 Å². The van der Waals surface area contributed by atoms with Crippen molar-refractivity contribution in [3.05, 3.63) is 46.5 Å². The molecule has 1 aromatic carbocycles. The first-order valence-corrected chi connectivity index (χ1v) is 5.77. The van der Waals surface area contributed by atoms with Gasteiger partial charge in [-0.1, -0.05) is 32.9 Å². The SMILES string of the molecule is [2H]C([2H])([2H])C(=C)C(N(O)c1ccc([N+](=O)[O-])cc1)C(C)(C)C. The summed E-state index contributed by atoms with van der Waals surface area (Å²) in [6, 6.07) is 4.35. The molecule has 0 saturated carbocycles. The van der Waals surface area contributed by atoms with Crippen LogP contribution in [0.4, 0.5) is 11.4 Å². The van der Waals surface area contributed by atoms with Crippen LogP contribution in [0.5, 0.6) is 0 Å². The molecule has 0 aliphatic heterocycles. The smallest absolute Gasteiger partial charge is 0.269 e. The third-order valence-corrected chi connectivity index (χ3v) is 2.72. The second-order valence-electron chi connectivity index (χ2n) is 5.41. The molecule has 1 unspecified atom stereocenters. The monoisotopic (exact) mass is 267 g/mol. The molecule has 5 nitrogen and oxygen atoms in total. The first-order valence-electron chi connectivity index (χ1n) is 7.27. The molecular weight excluding hydrogens is 244 g/mol. The number of hydroxylamine groups is 1. The lowest BCUT2D eigenvalue weighted by Gasteiger charge is -2.37. The number of hydrogen-bond acceptors (Lipinski definition) is 4. The number of nitro benzene ring substituents is 1. The summed E-state index contributed by atoms with van der Waals surface area (Å²) in [6.45, 7) is 6.54. The maximum atomic E-state index is 10.7. The van der Waals surface area contributed by atoms with Gasteiger partial charge < -0.3 is 0 Å². The number of hydrogen-bond donors (Lipinski definition) is 1. The largest absolute Gasteiger partial charge is 0.288 e. The second kappa shape index (κ2) is 5.40. The zero-order chi connectivity index (χ0) is 17.3. The molecule has 0 spiro atoms. The maximum absolute atomic E-state index is 10.7. The third-order valence-electron chi connectivity index (χ3n) is 2.72. The summed E-state index contributed by atoms with van der Waals surface area (Å²) in [5.41, 5.74) is -0.557. The molecule has 0 heterocycles. The normalized spacial score (nSPS) is 15.9. The van der Waals surface area contributed by atoms with E-state index >= 15 is 0 Å². The van der Waals surface area contributed by atoms with Crippen molar-refractivity contribution in [3.63, 3.8) is 0 Å². The van der Waals surface area contributed by atoms with Gasteiger partial charge in [-0.15, -0.1) is 0 Å². The molecule has 0 aliphatic rings. The Labute approximate surface area is 117 Å². The van der Waals surface area contributed by atoms with E-state index in [0.29, 0.717) is 0 Å². The van der Waals surface area contributed by atoms with Gasteiger partial charge in [0, 0.05) is 16.2 Å². The molecule has 19 heavy (non-hydrogen) atoms. The van der Waals surface area contributed by atoms with Crippen LogP contribution in [0.2, 0.25) is 0 Å². The van der Waals surface area contributed by atoms with Crippen LogP contribution >= 0.6 is 0 Å². The molecule has 1 rings (SSSR count). The summed E-state index contributed by atoms with van der Waals surface area (Å²) in [4.78, 5) is 10.1. The molecule has 0 radical (unpaired) electrons. The van der Waals surface area contributed by atoms with Crippen molar-refractivity contribution in [2.45, 2.75) is 33.7 Å². The average molecular weight is 267 g/mol. The van der Waals surface area contributed by atoms with Crippen molar-refractivity contribution in [2.75, 3.05) is 5.06 Å². The number of non-ortho nitro benzene ring substituents is 1. The van der Waals surface area contributed by atoms with Crippen LogP contribution in [0, 0.1) is 15.5 Å². The number of anilines is 1. The van der Waals surface area contributed by atoms with E-state index in [1.165, 1.54) is 24.3 Å². The summed E-state index contributed by atoms with van der Waals surface area (Å²) < 4.78 is 22.5. The highest BCUT2D eigenvalue weighted by Gasteiger charge is 2.31. The van der Waals surface area contributed by atoms with Gasteiger partial charge in [0.1, 0.15) is 0 Å². The van der Waals surface area contributed by atoms with Gasteiger partial charge in [-0.05, 0) is 24.4 Å². The van der Waals surface area contributed by atoms with E-state index in [1.54, 1.807) is 20.8 Å². The molecule has 0 saturated heterocycles. The van der Waals surface area contributed by atoms with Crippen molar-refractivity contribution in [3.8, 4) is 0 Å². The lowest BCUT2D eigenvalue weighted by Crippen LogP contribution is -2.43. The summed E-state index contributed by atoms with van der Waals surface area (Å²) in [7, 11) is 0. The number of benzene rings is 1. The number of nitro groups is 1. The standard InChI is InChI=1S/C14H20N2O3/c1-10(2)13(14(3,4)5)15(17)11-6-8-12(9-7-11)16(18)19/h6-9,13,17H,1H2,2-5H3/i2D3. The Kier molecular flexibility index (Phi) is 3.12. The van der Waals surface area contributed by atoms with Gasteiger partial charge in [0.05, 0.1) is 16.7 Å². The van der Waals surface area contributed by atoms with Crippen LogP contribution in [0.15, 0.2) is 36.4 Å². The molecule has 0 aromatic heterocycles. The van der Waals surface area contributed by atoms with Gasteiger partial charge in [0.2, 0.25) is 0 Å². The summed E-state index contributed by atoms with van der Waals surface area (Å²) >= 11 is 0. The van der Waals surface area contributed by atoms with Gasteiger partial charge in [-0.3, -0.25) is 15.3 Å². The fraction of sp³-hybridized carbons (Fsp3) is 0.429. The molecule has 1 atom stereocenters. The van der Waals surface area contributed by atoms with Gasteiger partial charge in [0.15, 0.2) is 0 Å². The predicted molar refractivity (Wildman–Crippen MR) is 75.4 cm³/mol. The van der Waals surface area contributed by atoms with Crippen molar-refractivity contribution < 1.29 is 14.2 Å². The van der Waals surface area contributed by atoms with Crippen molar-refractivity contribution >= 4 is 11.4 Å². The van der Waals surface area contributed by atoms with Gasteiger partial charge >= 0.3 is 0 Å². The van der Waals surface area contributed by atoms with Crippen molar-refractivity contribution in [1.29, 1.82) is 0 Å². The average Bonchev–Trinajstić information content (AvgIpc) is 2.36. The molecule has 0 aliphatic carbocycles. The molecular formula is C14H20N2O3. The van der Waals surface area contributed by atoms with E-state index in [2.05, 4.69) is 6.58 Å². The lowest BCUT2D eigenvalue weighted by atomic mass is 9.82. The van der Waals surface area contributed by atoms with E-state index in [9.17, 15) is 15.3 Å². The fourth-order valence-electron chi connectivity index (χ4n) is 1.91. The van der Waals surface area contributed by atoms with Crippen LogP contribution in [-0.4, -0.2) is 16.2 Å². The Hall–Kier alpha value is -1.88. The summed E-state index contributed by atoms with van der Waals surface area (Å²) in [5, 5.41) is 21.9.